The third kappa shape index (κ3) is 2.82. The minimum Gasteiger partial charge on any atom is -0.391 e. The quantitative estimate of drug-likeness (QED) is 0.366. The molecule has 2 unspecified atom stereocenters. The van der Waals surface area contributed by atoms with Gasteiger partial charge in [0.05, 0.1) is 12.1 Å². The maximum atomic E-state index is 9.47. The Bertz CT molecular complexity index is 164. The van der Waals surface area contributed by atoms with E-state index in [9.17, 15) is 5.11 Å². The van der Waals surface area contributed by atoms with Crippen molar-refractivity contribution >= 4 is 0 Å². The van der Waals surface area contributed by atoms with E-state index < -0.39 is 0 Å². The van der Waals surface area contributed by atoms with Crippen molar-refractivity contribution in [1.82, 2.24) is 5.48 Å². The molecular weight excluding hydrogens is 154 g/mol. The Morgan fingerprint density at radius 1 is 1.50 bits per heavy atom. The second-order valence-corrected chi connectivity index (χ2v) is 3.07. The summed E-state index contributed by atoms with van der Waals surface area (Å²) >= 11 is 0. The van der Waals surface area contributed by atoms with Gasteiger partial charge < -0.3 is 5.11 Å². The van der Waals surface area contributed by atoms with E-state index in [0.717, 1.165) is 25.7 Å². The summed E-state index contributed by atoms with van der Waals surface area (Å²) in [5.74, 6) is 2.36. The van der Waals surface area contributed by atoms with E-state index in [1.54, 1.807) is 0 Å². The van der Waals surface area contributed by atoms with Gasteiger partial charge in [0.2, 0.25) is 0 Å². The van der Waals surface area contributed by atoms with Gasteiger partial charge in [-0.15, -0.1) is 6.42 Å². The van der Waals surface area contributed by atoms with Crippen LogP contribution in [0.5, 0.6) is 0 Å². The highest BCUT2D eigenvalue weighted by Crippen LogP contribution is 2.17. The smallest absolute Gasteiger partial charge is 0.128 e. The highest BCUT2D eigenvalue weighted by Gasteiger charge is 2.22. The van der Waals surface area contributed by atoms with Crippen molar-refractivity contribution in [3.05, 3.63) is 0 Å². The van der Waals surface area contributed by atoms with Crippen molar-refractivity contribution in [3.8, 4) is 12.3 Å². The number of hydrogen-bond acceptors (Lipinski definition) is 3. The first-order valence-corrected chi connectivity index (χ1v) is 4.33. The molecule has 0 aromatic heterocycles. The van der Waals surface area contributed by atoms with Crippen LogP contribution in [-0.4, -0.2) is 23.9 Å². The van der Waals surface area contributed by atoms with E-state index >= 15 is 0 Å². The fourth-order valence-corrected chi connectivity index (χ4v) is 1.44. The van der Waals surface area contributed by atoms with Crippen LogP contribution in [0.2, 0.25) is 0 Å². The molecule has 0 aliphatic heterocycles. The summed E-state index contributed by atoms with van der Waals surface area (Å²) in [7, 11) is 0. The fraction of sp³-hybridized carbons (Fsp3) is 0.778. The van der Waals surface area contributed by atoms with Crippen LogP contribution < -0.4 is 5.48 Å². The molecule has 1 fully saturated rings. The van der Waals surface area contributed by atoms with E-state index in [2.05, 4.69) is 11.4 Å². The van der Waals surface area contributed by atoms with Crippen LogP contribution in [0.25, 0.3) is 0 Å². The minimum absolute atomic E-state index is 0.0621. The Morgan fingerprint density at radius 2 is 2.25 bits per heavy atom. The summed E-state index contributed by atoms with van der Waals surface area (Å²) in [6.07, 6.45) is 8.80. The lowest BCUT2D eigenvalue weighted by Gasteiger charge is -2.27. The first kappa shape index (κ1) is 9.53. The molecule has 1 saturated carbocycles. The molecule has 0 aromatic rings. The highest BCUT2D eigenvalue weighted by atomic mass is 16.6. The summed E-state index contributed by atoms with van der Waals surface area (Å²) in [5, 5.41) is 9.47. The maximum Gasteiger partial charge on any atom is 0.128 e. The SMILES string of the molecule is C#CCONC1CCCCC1O. The van der Waals surface area contributed by atoms with E-state index in [4.69, 9.17) is 11.3 Å². The molecule has 0 amide bonds. The van der Waals surface area contributed by atoms with Crippen LogP contribution in [-0.2, 0) is 4.84 Å². The molecule has 0 heterocycles. The predicted octanol–water partition coefficient (Wildman–Crippen LogP) is 0.444. The molecule has 2 atom stereocenters. The van der Waals surface area contributed by atoms with Gasteiger partial charge in [-0.3, -0.25) is 4.84 Å². The topological polar surface area (TPSA) is 41.5 Å². The largest absolute Gasteiger partial charge is 0.391 e. The van der Waals surface area contributed by atoms with Crippen LogP contribution in [0.15, 0.2) is 0 Å². The van der Waals surface area contributed by atoms with E-state index in [0.29, 0.717) is 0 Å². The van der Waals surface area contributed by atoms with Crippen LogP contribution in [0.4, 0.5) is 0 Å². The zero-order valence-corrected chi connectivity index (χ0v) is 7.12. The Morgan fingerprint density at radius 3 is 2.92 bits per heavy atom. The summed E-state index contributed by atoms with van der Waals surface area (Å²) < 4.78 is 0. The van der Waals surface area contributed by atoms with Gasteiger partial charge in [-0.25, -0.2) is 0 Å². The number of nitrogens with one attached hydrogen (secondary N) is 1. The second-order valence-electron chi connectivity index (χ2n) is 3.07. The zero-order chi connectivity index (χ0) is 8.81. The van der Waals surface area contributed by atoms with E-state index in [1.165, 1.54) is 0 Å². The number of hydroxylamine groups is 1. The maximum absolute atomic E-state index is 9.47. The van der Waals surface area contributed by atoms with Gasteiger partial charge in [-0.2, -0.15) is 5.48 Å². The van der Waals surface area contributed by atoms with Gasteiger partial charge in [0.1, 0.15) is 6.61 Å². The number of aliphatic hydroxyl groups excluding tert-OH is 1. The van der Waals surface area contributed by atoms with Crippen molar-refractivity contribution in [2.45, 2.75) is 37.8 Å². The minimum atomic E-state index is -0.281. The molecule has 0 radical (unpaired) electrons. The molecule has 68 valence electrons. The Labute approximate surface area is 73.1 Å². The normalized spacial score (nSPS) is 29.7. The first-order chi connectivity index (χ1) is 5.84. The number of rotatable bonds is 3. The van der Waals surface area contributed by atoms with Crippen molar-refractivity contribution in [3.63, 3.8) is 0 Å². The molecule has 3 heteroatoms. The third-order valence-corrected chi connectivity index (χ3v) is 2.12. The standard InChI is InChI=1S/C9H15NO2/c1-2-7-12-10-8-5-3-4-6-9(8)11/h1,8-11H,3-7H2. The molecule has 1 aliphatic rings. The molecule has 12 heavy (non-hydrogen) atoms. The van der Waals surface area contributed by atoms with Gasteiger partial charge in [-0.05, 0) is 12.8 Å². The van der Waals surface area contributed by atoms with Crippen molar-refractivity contribution in [2.24, 2.45) is 0 Å². The molecule has 2 N–H and O–H groups in total. The zero-order valence-electron chi connectivity index (χ0n) is 7.12. The monoisotopic (exact) mass is 169 g/mol. The number of terminal acetylenes is 1. The van der Waals surface area contributed by atoms with Crippen LogP contribution in [0.3, 0.4) is 0 Å². The van der Waals surface area contributed by atoms with Crippen molar-refractivity contribution in [2.75, 3.05) is 6.61 Å². The molecule has 3 nitrogen and oxygen atoms in total. The highest BCUT2D eigenvalue weighted by molar-refractivity contribution is 4.83. The summed E-state index contributed by atoms with van der Waals surface area (Å²) in [6.45, 7) is 0.253. The van der Waals surface area contributed by atoms with E-state index in [1.807, 2.05) is 0 Å². The first-order valence-electron chi connectivity index (χ1n) is 4.33. The molecule has 0 bridgehead atoms. The average molecular weight is 169 g/mol. The molecular formula is C9H15NO2. The molecule has 1 rings (SSSR count). The molecule has 0 aromatic carbocycles. The lowest BCUT2D eigenvalue weighted by Crippen LogP contribution is -2.42. The third-order valence-electron chi connectivity index (χ3n) is 2.12. The molecule has 1 aliphatic carbocycles. The lowest BCUT2D eigenvalue weighted by atomic mass is 9.93. The van der Waals surface area contributed by atoms with Crippen molar-refractivity contribution in [1.29, 1.82) is 0 Å². The van der Waals surface area contributed by atoms with Crippen molar-refractivity contribution < 1.29 is 9.94 Å². The van der Waals surface area contributed by atoms with Gasteiger partial charge >= 0.3 is 0 Å². The van der Waals surface area contributed by atoms with Gasteiger partial charge in [0.25, 0.3) is 0 Å². The summed E-state index contributed by atoms with van der Waals surface area (Å²) in [6, 6.07) is 0.0621. The van der Waals surface area contributed by atoms with Gasteiger partial charge in [-0.1, -0.05) is 18.8 Å². The number of aliphatic hydroxyl groups is 1. The fourth-order valence-electron chi connectivity index (χ4n) is 1.44. The van der Waals surface area contributed by atoms with Crippen LogP contribution in [0, 0.1) is 12.3 Å². The number of hydrogen-bond donors (Lipinski definition) is 2. The van der Waals surface area contributed by atoms with Crippen LogP contribution >= 0.6 is 0 Å². The Balaban J connectivity index is 2.16. The molecule has 0 spiro atoms. The Hall–Kier alpha value is -0.560. The average Bonchev–Trinajstić information content (AvgIpc) is 2.09. The molecule has 0 saturated heterocycles. The predicted molar refractivity (Wildman–Crippen MR) is 46.2 cm³/mol. The lowest BCUT2D eigenvalue weighted by molar-refractivity contribution is -0.0233. The van der Waals surface area contributed by atoms with Gasteiger partial charge in [0, 0.05) is 0 Å². The van der Waals surface area contributed by atoms with E-state index in [-0.39, 0.29) is 18.8 Å². The summed E-state index contributed by atoms with van der Waals surface area (Å²) in [5.41, 5.74) is 2.78. The van der Waals surface area contributed by atoms with Crippen LogP contribution in [0.1, 0.15) is 25.7 Å². The summed E-state index contributed by atoms with van der Waals surface area (Å²) in [4.78, 5) is 4.95. The Kier molecular flexibility index (Phi) is 4.09. The second kappa shape index (κ2) is 5.15. The van der Waals surface area contributed by atoms with Gasteiger partial charge in [0.15, 0.2) is 0 Å².